The normalized spacial score (nSPS) is 18.1. The number of rotatable bonds is 18. The van der Waals surface area contributed by atoms with E-state index in [1.54, 1.807) is 24.3 Å². The van der Waals surface area contributed by atoms with Gasteiger partial charge >= 0.3 is 35.8 Å². The number of hydrogen-bond donors (Lipinski definition) is 2. The zero-order valence-electron chi connectivity index (χ0n) is 56.2. The van der Waals surface area contributed by atoms with E-state index in [1.807, 2.05) is 144 Å². The first-order valence-electron chi connectivity index (χ1n) is 32.3. The Balaban J connectivity index is 0.000000280. The van der Waals surface area contributed by atoms with Crippen molar-refractivity contribution in [3.8, 4) is 11.5 Å². The molecule has 0 amide bonds. The van der Waals surface area contributed by atoms with Gasteiger partial charge in [-0.1, -0.05) is 140 Å². The number of benzene rings is 4. The summed E-state index contributed by atoms with van der Waals surface area (Å²) in [5.41, 5.74) is 2.36. The van der Waals surface area contributed by atoms with Crippen LogP contribution in [-0.4, -0.2) is 71.5 Å². The van der Waals surface area contributed by atoms with Crippen molar-refractivity contribution in [3.05, 3.63) is 131 Å². The first-order valence-corrected chi connectivity index (χ1v) is 32.3. The average molecular weight is 1220 g/mol. The Kier molecular flexibility index (Phi) is 30.5. The molecular formula is C74H108O14. The van der Waals surface area contributed by atoms with Gasteiger partial charge in [0.2, 0.25) is 0 Å². The van der Waals surface area contributed by atoms with Crippen LogP contribution in [0.5, 0.6) is 11.5 Å². The fourth-order valence-electron chi connectivity index (χ4n) is 9.31. The summed E-state index contributed by atoms with van der Waals surface area (Å²) in [5.74, 6) is 0.627. The molecule has 2 N–H and O–H groups in total. The monoisotopic (exact) mass is 1220 g/mol. The summed E-state index contributed by atoms with van der Waals surface area (Å²) in [7, 11) is 0. The number of phenols is 2. The van der Waals surface area contributed by atoms with Gasteiger partial charge in [-0.3, -0.25) is 28.8 Å². The van der Waals surface area contributed by atoms with Gasteiger partial charge in [-0.15, -0.1) is 0 Å². The highest BCUT2D eigenvalue weighted by molar-refractivity contribution is 5.79. The van der Waals surface area contributed by atoms with Crippen molar-refractivity contribution in [2.24, 2.45) is 21.7 Å². The maximum Gasteiger partial charge on any atom is 0.312 e. The predicted molar refractivity (Wildman–Crippen MR) is 346 cm³/mol. The molecule has 4 aromatic rings. The van der Waals surface area contributed by atoms with Gasteiger partial charge in [-0.2, -0.15) is 0 Å². The molecular weight excluding hydrogens is 1110 g/mol. The highest BCUT2D eigenvalue weighted by Crippen LogP contribution is 2.45. The molecule has 14 heteroatoms. The Bertz CT molecular complexity index is 2550. The summed E-state index contributed by atoms with van der Waals surface area (Å²) < 4.78 is 31.7. The van der Waals surface area contributed by atoms with Crippen molar-refractivity contribution in [1.29, 1.82) is 0 Å². The third-order valence-electron chi connectivity index (χ3n) is 18.1. The molecule has 4 atom stereocenters. The number of phenolic OH excluding ortho intramolecular Hbond substituents is 2. The van der Waals surface area contributed by atoms with E-state index < -0.39 is 21.7 Å². The van der Waals surface area contributed by atoms with Crippen LogP contribution in [0, 0.1) is 21.7 Å². The number of hydrogen-bond acceptors (Lipinski definition) is 14. The summed E-state index contributed by atoms with van der Waals surface area (Å²) in [6.45, 7) is 32.2. The molecule has 488 valence electrons. The quantitative estimate of drug-likeness (QED) is 0.0704. The van der Waals surface area contributed by atoms with Gasteiger partial charge < -0.3 is 38.6 Å². The van der Waals surface area contributed by atoms with Gasteiger partial charge in [0, 0.05) is 0 Å². The number of esters is 6. The van der Waals surface area contributed by atoms with Gasteiger partial charge in [0.05, 0.1) is 34.5 Å². The number of aromatic hydroxyl groups is 2. The molecule has 2 aliphatic heterocycles. The summed E-state index contributed by atoms with van der Waals surface area (Å²) in [5, 5.41) is 18.0. The number of carbonyl (C=O) groups excluding carboxylic acids is 6. The van der Waals surface area contributed by atoms with E-state index in [0.717, 1.165) is 88.2 Å². The topological polar surface area (TPSA) is 198 Å². The molecule has 4 unspecified atom stereocenters. The van der Waals surface area contributed by atoms with Crippen molar-refractivity contribution >= 4 is 35.8 Å². The minimum Gasteiger partial charge on any atom is -0.508 e. The molecule has 4 aromatic carbocycles. The highest BCUT2D eigenvalue weighted by Gasteiger charge is 2.44. The Morgan fingerprint density at radius 1 is 0.455 bits per heavy atom. The van der Waals surface area contributed by atoms with Crippen molar-refractivity contribution in [3.63, 3.8) is 0 Å². The van der Waals surface area contributed by atoms with E-state index >= 15 is 0 Å². The predicted octanol–water partition coefficient (Wildman–Crippen LogP) is 17.2. The van der Waals surface area contributed by atoms with Gasteiger partial charge in [0.25, 0.3) is 0 Å². The lowest BCUT2D eigenvalue weighted by atomic mass is 9.88. The van der Waals surface area contributed by atoms with Gasteiger partial charge in [0.1, 0.15) is 48.1 Å². The minimum atomic E-state index is -0.481. The van der Waals surface area contributed by atoms with Gasteiger partial charge in [-0.05, 0) is 204 Å². The molecule has 2 saturated heterocycles. The van der Waals surface area contributed by atoms with Crippen LogP contribution in [0.1, 0.15) is 248 Å². The van der Waals surface area contributed by atoms with Gasteiger partial charge in [0.15, 0.2) is 0 Å². The molecule has 0 bridgehead atoms. The van der Waals surface area contributed by atoms with E-state index in [4.69, 9.17) is 38.6 Å². The van der Waals surface area contributed by atoms with Crippen molar-refractivity contribution < 1.29 is 67.4 Å². The van der Waals surface area contributed by atoms with Crippen molar-refractivity contribution in [1.82, 2.24) is 0 Å². The van der Waals surface area contributed by atoms with E-state index in [0.29, 0.717) is 36.2 Å². The molecule has 4 fully saturated rings. The van der Waals surface area contributed by atoms with Crippen LogP contribution >= 0.6 is 0 Å². The summed E-state index contributed by atoms with van der Waals surface area (Å²) in [6.07, 6.45) is 13.2. The van der Waals surface area contributed by atoms with Crippen LogP contribution in [0.25, 0.3) is 0 Å². The first-order chi connectivity index (χ1) is 41.4. The van der Waals surface area contributed by atoms with Crippen molar-refractivity contribution in [2.75, 3.05) is 13.2 Å². The average Bonchev–Trinajstić information content (AvgIpc) is 2.36. The highest BCUT2D eigenvalue weighted by atomic mass is 16.6. The molecule has 0 radical (unpaired) electrons. The Hall–Kier alpha value is -6.70. The van der Waals surface area contributed by atoms with Crippen LogP contribution in [0.15, 0.2) is 109 Å². The largest absolute Gasteiger partial charge is 0.508 e. The number of ether oxygens (including phenoxy) is 6. The lowest BCUT2D eigenvalue weighted by Gasteiger charge is -2.33. The first kappa shape index (κ1) is 75.5. The van der Waals surface area contributed by atoms with E-state index in [2.05, 4.69) is 52.0 Å². The fraction of sp³-hybridized carbons (Fsp3) is 0.595. The van der Waals surface area contributed by atoms with E-state index in [1.165, 1.54) is 11.1 Å². The molecule has 4 aliphatic rings. The molecule has 2 saturated carbocycles. The van der Waals surface area contributed by atoms with Crippen LogP contribution in [0.4, 0.5) is 0 Å². The number of carbonyl (C=O) groups is 6. The minimum absolute atomic E-state index is 0.0687. The van der Waals surface area contributed by atoms with Crippen molar-refractivity contribution in [2.45, 2.75) is 249 Å². The fourth-order valence-corrected chi connectivity index (χ4v) is 9.31. The third kappa shape index (κ3) is 23.7. The third-order valence-corrected chi connectivity index (χ3v) is 18.1. The SMILES string of the molecule is CCC(C)(C)C(=O)OC1(c2ccccc2)CCCC1.CCC(C)(C)C(=O)OC1(c2ccccc2)CCCC1.CCC(C)(C)C(=O)OC1COC(=O)C1.CCC(C)(C)C(=O)OC1COC(=O)C1.CCC(C)c1ccc(O)cc1.CCC(C)c1ccc(O)cc1. The zero-order valence-corrected chi connectivity index (χ0v) is 56.2. The maximum atomic E-state index is 12.4. The summed E-state index contributed by atoms with van der Waals surface area (Å²) >= 11 is 0. The van der Waals surface area contributed by atoms with Crippen LogP contribution in [0.3, 0.4) is 0 Å². The maximum absolute atomic E-state index is 12.4. The Labute approximate surface area is 527 Å². The van der Waals surface area contributed by atoms with Crippen LogP contribution in [-0.2, 0) is 68.4 Å². The van der Waals surface area contributed by atoms with Gasteiger partial charge in [-0.25, -0.2) is 0 Å². The molecule has 14 nitrogen and oxygen atoms in total. The summed E-state index contributed by atoms with van der Waals surface area (Å²) in [6, 6.07) is 35.3. The molecule has 2 aliphatic carbocycles. The van der Waals surface area contributed by atoms with Crippen LogP contribution < -0.4 is 0 Å². The van der Waals surface area contributed by atoms with Crippen LogP contribution in [0.2, 0.25) is 0 Å². The molecule has 0 spiro atoms. The zero-order chi connectivity index (χ0) is 65.9. The molecule has 88 heavy (non-hydrogen) atoms. The smallest absolute Gasteiger partial charge is 0.312 e. The molecule has 0 aromatic heterocycles. The van der Waals surface area contributed by atoms with E-state index in [-0.39, 0.29) is 85.3 Å². The number of cyclic esters (lactones) is 2. The standard InChI is InChI=1S/2C17H24O2.2C10H16O4.2C10H14O/c2*1-4-16(2,3)15(18)19-17(12-8-9-13-17)14-10-6-5-7-11-14;2*1-4-10(2,3)9(12)14-7-5-8(11)13-6-7;2*1-3-8(2)9-4-6-10(11)7-5-9/h2*5-7,10-11H,4,8-9,12-13H2,1-3H3;2*7H,4-6H2,1-3H3;2*4-8,11H,3H2,1-2H3. The molecule has 2 heterocycles. The van der Waals surface area contributed by atoms with E-state index in [9.17, 15) is 28.8 Å². The second kappa shape index (κ2) is 35.5. The molecule has 8 rings (SSSR count). The second-order valence-corrected chi connectivity index (χ2v) is 26.5. The second-order valence-electron chi connectivity index (χ2n) is 26.5. The Morgan fingerprint density at radius 2 is 0.727 bits per heavy atom. The summed E-state index contributed by atoms with van der Waals surface area (Å²) in [4.78, 5) is 69.4. The lowest BCUT2D eigenvalue weighted by Crippen LogP contribution is -2.36. The Morgan fingerprint density at radius 3 is 0.966 bits per heavy atom. The lowest BCUT2D eigenvalue weighted by molar-refractivity contribution is -0.172.